The predicted molar refractivity (Wildman–Crippen MR) is 70.1 cm³/mol. The Labute approximate surface area is 113 Å². The molecule has 19 heavy (non-hydrogen) atoms. The van der Waals surface area contributed by atoms with Gasteiger partial charge in [-0.25, -0.2) is 8.42 Å². The van der Waals surface area contributed by atoms with Crippen molar-refractivity contribution in [2.24, 2.45) is 5.73 Å². The molecule has 1 saturated heterocycles. The molecule has 6 nitrogen and oxygen atoms in total. The zero-order valence-corrected chi connectivity index (χ0v) is 12.2. The fraction of sp³-hybridized carbons (Fsp3) is 0.667. The summed E-state index contributed by atoms with van der Waals surface area (Å²) in [6.45, 7) is 6.27. The zero-order valence-electron chi connectivity index (χ0n) is 11.4. The monoisotopic (exact) mass is 288 g/mol. The van der Waals surface area contributed by atoms with Crippen LogP contribution in [0.5, 0.6) is 0 Å². The van der Waals surface area contributed by atoms with E-state index in [1.54, 1.807) is 6.92 Å². The standard InChI is InChI=1S/C12H20N2O4S/c1-8-6-14(7-9(2)17-8)19(15,16)12-4-11(5-13)18-10(12)3/h4,8-9H,5-7,13H2,1-3H3. The number of nitrogens with zero attached hydrogens (tertiary/aromatic N) is 1. The number of ether oxygens (including phenoxy) is 1. The summed E-state index contributed by atoms with van der Waals surface area (Å²) in [7, 11) is -3.54. The van der Waals surface area contributed by atoms with E-state index in [-0.39, 0.29) is 23.6 Å². The molecular weight excluding hydrogens is 268 g/mol. The van der Waals surface area contributed by atoms with Gasteiger partial charge >= 0.3 is 0 Å². The number of morpholine rings is 1. The zero-order chi connectivity index (χ0) is 14.2. The third kappa shape index (κ3) is 2.84. The molecule has 0 radical (unpaired) electrons. The lowest BCUT2D eigenvalue weighted by Gasteiger charge is -2.34. The van der Waals surface area contributed by atoms with Crippen molar-refractivity contribution >= 4 is 10.0 Å². The second-order valence-corrected chi connectivity index (χ2v) is 6.82. The van der Waals surface area contributed by atoms with Gasteiger partial charge in [-0.05, 0) is 20.8 Å². The van der Waals surface area contributed by atoms with E-state index in [0.717, 1.165) is 0 Å². The topological polar surface area (TPSA) is 85.8 Å². The van der Waals surface area contributed by atoms with Crippen LogP contribution in [0.15, 0.2) is 15.4 Å². The molecule has 1 aromatic rings. The van der Waals surface area contributed by atoms with Crippen LogP contribution in [0, 0.1) is 6.92 Å². The molecule has 2 heterocycles. The summed E-state index contributed by atoms with van der Waals surface area (Å²) in [6, 6.07) is 1.51. The van der Waals surface area contributed by atoms with Gasteiger partial charge in [-0.3, -0.25) is 0 Å². The minimum atomic E-state index is -3.54. The summed E-state index contributed by atoms with van der Waals surface area (Å²) in [5.41, 5.74) is 5.48. The van der Waals surface area contributed by atoms with Crippen molar-refractivity contribution < 1.29 is 17.6 Å². The normalized spacial score (nSPS) is 25.7. The quantitative estimate of drug-likeness (QED) is 0.891. The number of furan rings is 1. The Morgan fingerprint density at radius 2 is 1.95 bits per heavy atom. The van der Waals surface area contributed by atoms with Crippen LogP contribution in [0.2, 0.25) is 0 Å². The van der Waals surface area contributed by atoms with Gasteiger partial charge < -0.3 is 14.9 Å². The maximum absolute atomic E-state index is 12.6. The largest absolute Gasteiger partial charge is 0.464 e. The van der Waals surface area contributed by atoms with Crippen molar-refractivity contribution in [3.05, 3.63) is 17.6 Å². The maximum Gasteiger partial charge on any atom is 0.246 e. The van der Waals surface area contributed by atoms with Gasteiger partial charge in [0.1, 0.15) is 16.4 Å². The highest BCUT2D eigenvalue weighted by Gasteiger charge is 2.34. The summed E-state index contributed by atoms with van der Waals surface area (Å²) in [5, 5.41) is 0. The van der Waals surface area contributed by atoms with E-state index < -0.39 is 10.0 Å². The van der Waals surface area contributed by atoms with Gasteiger partial charge in [0.05, 0.1) is 18.8 Å². The lowest BCUT2D eigenvalue weighted by molar-refractivity contribution is -0.0441. The molecule has 1 aliphatic rings. The van der Waals surface area contributed by atoms with E-state index in [9.17, 15) is 8.42 Å². The van der Waals surface area contributed by atoms with Gasteiger partial charge in [0.15, 0.2) is 0 Å². The first-order valence-corrected chi connectivity index (χ1v) is 7.73. The van der Waals surface area contributed by atoms with Crippen LogP contribution in [0.1, 0.15) is 25.4 Å². The van der Waals surface area contributed by atoms with Crippen LogP contribution >= 0.6 is 0 Å². The molecule has 1 aliphatic heterocycles. The Morgan fingerprint density at radius 1 is 1.37 bits per heavy atom. The van der Waals surface area contributed by atoms with Crippen LogP contribution in [-0.4, -0.2) is 38.0 Å². The first kappa shape index (κ1) is 14.5. The Morgan fingerprint density at radius 3 is 2.42 bits per heavy atom. The summed E-state index contributed by atoms with van der Waals surface area (Å²) in [4.78, 5) is 0.203. The average molecular weight is 288 g/mol. The molecule has 2 atom stereocenters. The summed E-state index contributed by atoms with van der Waals surface area (Å²) in [5.74, 6) is 0.859. The van der Waals surface area contributed by atoms with Crippen LogP contribution < -0.4 is 5.73 Å². The van der Waals surface area contributed by atoms with E-state index in [0.29, 0.717) is 24.6 Å². The molecule has 108 valence electrons. The SMILES string of the molecule is Cc1oc(CN)cc1S(=O)(=O)N1CC(C)OC(C)C1. The first-order valence-electron chi connectivity index (χ1n) is 6.29. The fourth-order valence-electron chi connectivity index (χ4n) is 2.35. The van der Waals surface area contributed by atoms with Crippen LogP contribution in [0.4, 0.5) is 0 Å². The fourth-order valence-corrected chi connectivity index (χ4v) is 4.12. The van der Waals surface area contributed by atoms with Crippen molar-refractivity contribution in [3.8, 4) is 0 Å². The summed E-state index contributed by atoms with van der Waals surface area (Å²) in [6.07, 6.45) is -0.223. The van der Waals surface area contributed by atoms with Gasteiger partial charge in [0.2, 0.25) is 10.0 Å². The lowest BCUT2D eigenvalue weighted by Crippen LogP contribution is -2.48. The summed E-state index contributed by atoms with van der Waals surface area (Å²) < 4.78 is 37.5. The molecule has 2 N–H and O–H groups in total. The molecular formula is C12H20N2O4S. The lowest BCUT2D eigenvalue weighted by atomic mass is 10.3. The van der Waals surface area contributed by atoms with Gasteiger partial charge in [-0.15, -0.1) is 0 Å². The van der Waals surface area contributed by atoms with Gasteiger partial charge in [-0.2, -0.15) is 4.31 Å². The predicted octanol–water partition coefficient (Wildman–Crippen LogP) is 0.845. The molecule has 0 saturated carbocycles. The molecule has 0 amide bonds. The Bertz CT molecular complexity index is 542. The van der Waals surface area contributed by atoms with E-state index in [2.05, 4.69) is 0 Å². The van der Waals surface area contributed by atoms with Crippen LogP contribution in [0.3, 0.4) is 0 Å². The molecule has 0 bridgehead atoms. The molecule has 1 fully saturated rings. The number of sulfonamides is 1. The minimum absolute atomic E-state index is 0.111. The highest BCUT2D eigenvalue weighted by Crippen LogP contribution is 2.26. The number of hydrogen-bond donors (Lipinski definition) is 1. The van der Waals surface area contributed by atoms with Gasteiger partial charge in [-0.1, -0.05) is 0 Å². The molecule has 7 heteroatoms. The first-order chi connectivity index (χ1) is 8.84. The molecule has 1 aromatic heterocycles. The number of nitrogens with two attached hydrogens (primary N) is 1. The molecule has 0 aromatic carbocycles. The Hall–Kier alpha value is -0.890. The number of rotatable bonds is 3. The molecule has 0 aliphatic carbocycles. The average Bonchev–Trinajstić information content (AvgIpc) is 2.70. The smallest absolute Gasteiger partial charge is 0.246 e. The second kappa shape index (κ2) is 5.24. The van der Waals surface area contributed by atoms with E-state index >= 15 is 0 Å². The van der Waals surface area contributed by atoms with Gasteiger partial charge in [0, 0.05) is 19.2 Å². The molecule has 2 unspecified atom stereocenters. The Kier molecular flexibility index (Phi) is 4.00. The number of aryl methyl sites for hydroxylation is 1. The summed E-state index contributed by atoms with van der Waals surface area (Å²) >= 11 is 0. The van der Waals surface area contributed by atoms with E-state index in [4.69, 9.17) is 14.9 Å². The van der Waals surface area contributed by atoms with Crippen LogP contribution in [-0.2, 0) is 21.3 Å². The molecule has 0 spiro atoms. The van der Waals surface area contributed by atoms with Crippen molar-refractivity contribution in [3.63, 3.8) is 0 Å². The van der Waals surface area contributed by atoms with Gasteiger partial charge in [0.25, 0.3) is 0 Å². The van der Waals surface area contributed by atoms with Crippen molar-refractivity contribution in [1.29, 1.82) is 0 Å². The van der Waals surface area contributed by atoms with Crippen molar-refractivity contribution in [2.45, 2.75) is 44.4 Å². The third-order valence-corrected chi connectivity index (χ3v) is 5.07. The second-order valence-electron chi connectivity index (χ2n) is 4.92. The highest BCUT2D eigenvalue weighted by molar-refractivity contribution is 7.89. The maximum atomic E-state index is 12.6. The van der Waals surface area contributed by atoms with Crippen molar-refractivity contribution in [2.75, 3.05) is 13.1 Å². The highest BCUT2D eigenvalue weighted by atomic mass is 32.2. The third-order valence-electron chi connectivity index (χ3n) is 3.13. The number of hydrogen-bond acceptors (Lipinski definition) is 5. The van der Waals surface area contributed by atoms with E-state index in [1.165, 1.54) is 10.4 Å². The Balaban J connectivity index is 2.33. The van der Waals surface area contributed by atoms with Crippen molar-refractivity contribution in [1.82, 2.24) is 4.31 Å². The van der Waals surface area contributed by atoms with Crippen LogP contribution in [0.25, 0.3) is 0 Å². The van der Waals surface area contributed by atoms with E-state index in [1.807, 2.05) is 13.8 Å². The minimum Gasteiger partial charge on any atom is -0.464 e. The molecule has 2 rings (SSSR count).